The lowest BCUT2D eigenvalue weighted by atomic mass is 10.0. The van der Waals surface area contributed by atoms with Crippen LogP contribution in [0.5, 0.6) is 0 Å². The molecule has 1 atom stereocenters. The third-order valence-electron chi connectivity index (χ3n) is 3.14. The standard InChI is InChI=1S/C15H21N3/c1-4-10-18-14(8-9-17-18)15(16-3)13-7-5-6-12(2)11-13/h5-9,11,15-16H,4,10H2,1-3H3. The van der Waals surface area contributed by atoms with Gasteiger partial charge >= 0.3 is 0 Å². The van der Waals surface area contributed by atoms with Crippen LogP contribution in [0.4, 0.5) is 0 Å². The summed E-state index contributed by atoms with van der Waals surface area (Å²) in [7, 11) is 2.00. The third-order valence-corrected chi connectivity index (χ3v) is 3.14. The van der Waals surface area contributed by atoms with Gasteiger partial charge in [-0.15, -0.1) is 0 Å². The Bertz CT molecular complexity index is 502. The molecule has 0 aliphatic carbocycles. The Morgan fingerprint density at radius 2 is 2.17 bits per heavy atom. The van der Waals surface area contributed by atoms with Gasteiger partial charge in [0.1, 0.15) is 0 Å². The maximum Gasteiger partial charge on any atom is 0.0745 e. The van der Waals surface area contributed by atoms with Gasteiger partial charge in [-0.25, -0.2) is 0 Å². The Hall–Kier alpha value is -1.61. The van der Waals surface area contributed by atoms with Crippen LogP contribution >= 0.6 is 0 Å². The zero-order valence-corrected chi connectivity index (χ0v) is 11.4. The number of rotatable bonds is 5. The highest BCUT2D eigenvalue weighted by molar-refractivity contribution is 5.30. The molecule has 0 aliphatic rings. The summed E-state index contributed by atoms with van der Waals surface area (Å²) >= 11 is 0. The van der Waals surface area contributed by atoms with Gasteiger partial charge in [0.05, 0.1) is 11.7 Å². The van der Waals surface area contributed by atoms with Crippen molar-refractivity contribution in [2.45, 2.75) is 32.9 Å². The number of hydrogen-bond donors (Lipinski definition) is 1. The highest BCUT2D eigenvalue weighted by Crippen LogP contribution is 2.22. The quantitative estimate of drug-likeness (QED) is 0.875. The maximum absolute atomic E-state index is 4.40. The first-order chi connectivity index (χ1) is 8.76. The van der Waals surface area contributed by atoms with Gasteiger partial charge in [-0.3, -0.25) is 4.68 Å². The van der Waals surface area contributed by atoms with Crippen molar-refractivity contribution in [2.24, 2.45) is 0 Å². The molecule has 0 radical (unpaired) electrons. The van der Waals surface area contributed by atoms with Crippen molar-refractivity contribution in [2.75, 3.05) is 7.05 Å². The van der Waals surface area contributed by atoms with E-state index < -0.39 is 0 Å². The molecule has 1 N–H and O–H groups in total. The Balaban J connectivity index is 2.36. The molecule has 3 heteroatoms. The maximum atomic E-state index is 4.40. The van der Waals surface area contributed by atoms with E-state index in [4.69, 9.17) is 0 Å². The van der Waals surface area contributed by atoms with Crippen molar-refractivity contribution in [3.8, 4) is 0 Å². The van der Waals surface area contributed by atoms with E-state index in [1.807, 2.05) is 13.2 Å². The second-order valence-electron chi connectivity index (χ2n) is 4.62. The summed E-state index contributed by atoms with van der Waals surface area (Å²) in [5.41, 5.74) is 3.80. The average Bonchev–Trinajstić information content (AvgIpc) is 2.79. The summed E-state index contributed by atoms with van der Waals surface area (Å²) in [4.78, 5) is 0. The largest absolute Gasteiger partial charge is 0.308 e. The monoisotopic (exact) mass is 243 g/mol. The second kappa shape index (κ2) is 5.83. The Morgan fingerprint density at radius 1 is 1.33 bits per heavy atom. The minimum absolute atomic E-state index is 0.207. The van der Waals surface area contributed by atoms with Gasteiger partial charge in [-0.05, 0) is 32.0 Å². The van der Waals surface area contributed by atoms with Crippen LogP contribution in [0.15, 0.2) is 36.5 Å². The average molecular weight is 243 g/mol. The first-order valence-corrected chi connectivity index (χ1v) is 6.51. The predicted octanol–water partition coefficient (Wildman–Crippen LogP) is 2.91. The molecule has 0 bridgehead atoms. The molecular formula is C15H21N3. The van der Waals surface area contributed by atoms with Crippen molar-refractivity contribution in [1.29, 1.82) is 0 Å². The fourth-order valence-electron chi connectivity index (χ4n) is 2.32. The number of benzene rings is 1. The molecule has 1 unspecified atom stereocenters. The smallest absolute Gasteiger partial charge is 0.0745 e. The minimum Gasteiger partial charge on any atom is -0.308 e. The third kappa shape index (κ3) is 2.62. The summed E-state index contributed by atoms with van der Waals surface area (Å²) in [6, 6.07) is 10.9. The van der Waals surface area contributed by atoms with Gasteiger partial charge in [0.15, 0.2) is 0 Å². The van der Waals surface area contributed by atoms with E-state index in [0.717, 1.165) is 13.0 Å². The highest BCUT2D eigenvalue weighted by atomic mass is 15.3. The highest BCUT2D eigenvalue weighted by Gasteiger charge is 2.16. The summed E-state index contributed by atoms with van der Waals surface area (Å²) in [6.07, 6.45) is 2.98. The number of hydrogen-bond acceptors (Lipinski definition) is 2. The molecule has 0 aliphatic heterocycles. The van der Waals surface area contributed by atoms with Gasteiger partial charge in [-0.2, -0.15) is 5.10 Å². The molecule has 0 spiro atoms. The van der Waals surface area contributed by atoms with Crippen molar-refractivity contribution in [3.63, 3.8) is 0 Å². The van der Waals surface area contributed by atoms with Crippen LogP contribution in [0.3, 0.4) is 0 Å². The van der Waals surface area contributed by atoms with Gasteiger partial charge in [-0.1, -0.05) is 36.8 Å². The molecule has 1 aromatic heterocycles. The molecule has 1 heterocycles. The Morgan fingerprint density at radius 3 is 2.83 bits per heavy atom. The first-order valence-electron chi connectivity index (χ1n) is 6.51. The van der Waals surface area contributed by atoms with Crippen LogP contribution in [0.1, 0.15) is 36.2 Å². The lowest BCUT2D eigenvalue weighted by molar-refractivity contribution is 0.534. The minimum atomic E-state index is 0.207. The number of nitrogens with zero attached hydrogens (tertiary/aromatic N) is 2. The van der Waals surface area contributed by atoms with Crippen LogP contribution in [0.2, 0.25) is 0 Å². The van der Waals surface area contributed by atoms with Crippen molar-refractivity contribution in [3.05, 3.63) is 53.3 Å². The van der Waals surface area contributed by atoms with Crippen LogP contribution in [-0.2, 0) is 6.54 Å². The molecule has 2 aromatic rings. The molecule has 1 aromatic carbocycles. The Labute approximate surface area is 109 Å². The molecule has 18 heavy (non-hydrogen) atoms. The van der Waals surface area contributed by atoms with Gasteiger partial charge in [0, 0.05) is 12.7 Å². The zero-order chi connectivity index (χ0) is 13.0. The molecule has 0 saturated carbocycles. The van der Waals surface area contributed by atoms with E-state index >= 15 is 0 Å². The zero-order valence-electron chi connectivity index (χ0n) is 11.4. The van der Waals surface area contributed by atoms with Crippen molar-refractivity contribution < 1.29 is 0 Å². The van der Waals surface area contributed by atoms with Gasteiger partial charge < -0.3 is 5.32 Å². The van der Waals surface area contributed by atoms with Gasteiger partial charge in [0.25, 0.3) is 0 Å². The van der Waals surface area contributed by atoms with Crippen LogP contribution in [-0.4, -0.2) is 16.8 Å². The molecule has 0 saturated heterocycles. The topological polar surface area (TPSA) is 29.9 Å². The molecule has 0 amide bonds. The fraction of sp³-hybridized carbons (Fsp3) is 0.400. The number of nitrogens with one attached hydrogen (secondary N) is 1. The molecule has 96 valence electrons. The van der Waals surface area contributed by atoms with E-state index in [2.05, 4.69) is 59.3 Å². The SMILES string of the molecule is CCCn1nccc1C(NC)c1cccc(C)c1. The number of aromatic nitrogens is 2. The van der Waals surface area contributed by atoms with Crippen molar-refractivity contribution in [1.82, 2.24) is 15.1 Å². The van der Waals surface area contributed by atoms with Crippen molar-refractivity contribution >= 4 is 0 Å². The fourth-order valence-corrected chi connectivity index (χ4v) is 2.32. The second-order valence-corrected chi connectivity index (χ2v) is 4.62. The lowest BCUT2D eigenvalue weighted by Crippen LogP contribution is -2.21. The lowest BCUT2D eigenvalue weighted by Gasteiger charge is -2.18. The van der Waals surface area contributed by atoms with E-state index in [1.54, 1.807) is 0 Å². The first kappa shape index (κ1) is 12.8. The van der Waals surface area contributed by atoms with Crippen LogP contribution < -0.4 is 5.32 Å². The summed E-state index contributed by atoms with van der Waals surface area (Å²) in [6.45, 7) is 5.26. The van der Waals surface area contributed by atoms with E-state index in [-0.39, 0.29) is 6.04 Å². The van der Waals surface area contributed by atoms with E-state index in [0.29, 0.717) is 0 Å². The molecule has 3 nitrogen and oxygen atoms in total. The molecule has 2 rings (SSSR count). The summed E-state index contributed by atoms with van der Waals surface area (Å²) < 4.78 is 2.09. The van der Waals surface area contributed by atoms with E-state index in [1.165, 1.54) is 16.8 Å². The van der Waals surface area contributed by atoms with Crippen LogP contribution in [0.25, 0.3) is 0 Å². The van der Waals surface area contributed by atoms with E-state index in [9.17, 15) is 0 Å². The van der Waals surface area contributed by atoms with Gasteiger partial charge in [0.2, 0.25) is 0 Å². The molecule has 0 fully saturated rings. The predicted molar refractivity (Wildman–Crippen MR) is 74.6 cm³/mol. The number of aryl methyl sites for hydroxylation is 2. The molecular weight excluding hydrogens is 222 g/mol. The Kier molecular flexibility index (Phi) is 4.15. The van der Waals surface area contributed by atoms with Crippen LogP contribution in [0, 0.1) is 6.92 Å². The summed E-state index contributed by atoms with van der Waals surface area (Å²) in [5, 5.41) is 7.79. The normalized spacial score (nSPS) is 12.6. The summed E-state index contributed by atoms with van der Waals surface area (Å²) in [5.74, 6) is 0.